The molecule has 0 aliphatic heterocycles. The Labute approximate surface area is 120 Å². The van der Waals surface area contributed by atoms with E-state index >= 15 is 0 Å². The molecule has 2 aromatic heterocycles. The normalized spacial score (nSPS) is 9.95. The van der Waals surface area contributed by atoms with Crippen LogP contribution in [0.3, 0.4) is 0 Å². The average molecular weight is 286 g/mol. The van der Waals surface area contributed by atoms with Crippen LogP contribution in [0.2, 0.25) is 0 Å². The Morgan fingerprint density at radius 3 is 2.90 bits per heavy atom. The summed E-state index contributed by atoms with van der Waals surface area (Å²) in [5, 5.41) is 18.4. The molecule has 0 aliphatic carbocycles. The van der Waals surface area contributed by atoms with E-state index in [0.717, 1.165) is 0 Å². The number of aromatic amines is 1. The van der Waals surface area contributed by atoms with Crippen LogP contribution in [-0.4, -0.2) is 27.7 Å². The molecule has 2 heterocycles. The summed E-state index contributed by atoms with van der Waals surface area (Å²) in [6, 6.07) is 5.11. The lowest BCUT2D eigenvalue weighted by molar-refractivity contribution is -0.114. The van der Waals surface area contributed by atoms with Crippen molar-refractivity contribution in [2.24, 2.45) is 0 Å². The van der Waals surface area contributed by atoms with E-state index in [2.05, 4.69) is 20.5 Å². The molecular formula is C13H14N6O2. The highest BCUT2D eigenvalue weighted by Crippen LogP contribution is 2.28. The Bertz CT molecular complexity index is 716. The second-order valence-corrected chi connectivity index (χ2v) is 4.17. The number of amides is 1. The van der Waals surface area contributed by atoms with Gasteiger partial charge in [0.05, 0.1) is 18.0 Å². The summed E-state index contributed by atoms with van der Waals surface area (Å²) in [6.45, 7) is 3.54. The lowest BCUT2D eigenvalue weighted by Crippen LogP contribution is -2.05. The van der Waals surface area contributed by atoms with Gasteiger partial charge >= 0.3 is 0 Å². The third kappa shape index (κ3) is 3.09. The molecule has 21 heavy (non-hydrogen) atoms. The number of anilines is 2. The van der Waals surface area contributed by atoms with Gasteiger partial charge in [0.1, 0.15) is 23.1 Å². The molecule has 0 aliphatic rings. The van der Waals surface area contributed by atoms with Crippen molar-refractivity contribution in [2.45, 2.75) is 13.8 Å². The molecule has 0 spiro atoms. The fourth-order valence-corrected chi connectivity index (χ4v) is 1.73. The van der Waals surface area contributed by atoms with Crippen LogP contribution in [-0.2, 0) is 4.79 Å². The monoisotopic (exact) mass is 286 g/mol. The van der Waals surface area contributed by atoms with E-state index in [1.54, 1.807) is 13.0 Å². The van der Waals surface area contributed by atoms with Crippen molar-refractivity contribution >= 4 is 17.4 Å². The number of ether oxygens (including phenoxy) is 1. The molecule has 0 unspecified atom stereocenters. The Morgan fingerprint density at radius 2 is 2.29 bits per heavy atom. The number of rotatable bonds is 4. The number of nitriles is 1. The first-order valence-corrected chi connectivity index (χ1v) is 6.22. The smallest absolute Gasteiger partial charge is 0.234 e. The standard InChI is InChI=1S/C13H14N6O2/c1-3-21-13-8(6-14)9(15)4-10(17-13)11-5-12(19-18-11)16-7(2)20/h4-5H,3H2,1-2H3,(H2,15,17)(H2,16,18,19,20). The zero-order valence-electron chi connectivity index (χ0n) is 11.6. The van der Waals surface area contributed by atoms with Crippen molar-refractivity contribution in [3.8, 4) is 23.3 Å². The average Bonchev–Trinajstić information content (AvgIpc) is 2.86. The van der Waals surface area contributed by atoms with Gasteiger partial charge in [0.2, 0.25) is 11.8 Å². The lowest BCUT2D eigenvalue weighted by Gasteiger charge is -2.08. The summed E-state index contributed by atoms with van der Waals surface area (Å²) >= 11 is 0. The van der Waals surface area contributed by atoms with E-state index in [4.69, 9.17) is 15.7 Å². The zero-order chi connectivity index (χ0) is 15.4. The van der Waals surface area contributed by atoms with Gasteiger partial charge in [-0.1, -0.05) is 0 Å². The van der Waals surface area contributed by atoms with Crippen LogP contribution < -0.4 is 15.8 Å². The molecule has 108 valence electrons. The largest absolute Gasteiger partial charge is 0.477 e. The van der Waals surface area contributed by atoms with Crippen molar-refractivity contribution in [2.75, 3.05) is 17.7 Å². The maximum absolute atomic E-state index is 11.0. The molecule has 0 fully saturated rings. The quantitative estimate of drug-likeness (QED) is 0.776. The summed E-state index contributed by atoms with van der Waals surface area (Å²) in [5.74, 6) is 0.395. The van der Waals surface area contributed by atoms with Gasteiger partial charge in [-0.25, -0.2) is 4.98 Å². The van der Waals surface area contributed by atoms with Gasteiger partial charge in [0, 0.05) is 13.0 Å². The van der Waals surface area contributed by atoms with Crippen molar-refractivity contribution < 1.29 is 9.53 Å². The molecular weight excluding hydrogens is 272 g/mol. The maximum Gasteiger partial charge on any atom is 0.234 e. The molecule has 8 heteroatoms. The van der Waals surface area contributed by atoms with Crippen LogP contribution in [0, 0.1) is 11.3 Å². The predicted molar refractivity (Wildman–Crippen MR) is 76.4 cm³/mol. The topological polar surface area (TPSA) is 130 Å². The van der Waals surface area contributed by atoms with E-state index in [1.807, 2.05) is 6.07 Å². The molecule has 2 aromatic rings. The van der Waals surface area contributed by atoms with Crippen LogP contribution in [0.15, 0.2) is 12.1 Å². The SMILES string of the molecule is CCOc1nc(-c2cc(NC(C)=O)[nH]n2)cc(N)c1C#N. The molecule has 0 radical (unpaired) electrons. The fraction of sp³-hybridized carbons (Fsp3) is 0.231. The van der Waals surface area contributed by atoms with Crippen LogP contribution >= 0.6 is 0 Å². The fourth-order valence-electron chi connectivity index (χ4n) is 1.73. The summed E-state index contributed by atoms with van der Waals surface area (Å²) in [7, 11) is 0. The second-order valence-electron chi connectivity index (χ2n) is 4.17. The third-order valence-electron chi connectivity index (χ3n) is 2.56. The van der Waals surface area contributed by atoms with Gasteiger partial charge in [-0.15, -0.1) is 0 Å². The van der Waals surface area contributed by atoms with Gasteiger partial charge in [0.15, 0.2) is 0 Å². The van der Waals surface area contributed by atoms with Crippen LogP contribution in [0.4, 0.5) is 11.5 Å². The molecule has 2 rings (SSSR count). The number of nitrogens with one attached hydrogen (secondary N) is 2. The number of nitrogens with two attached hydrogens (primary N) is 1. The van der Waals surface area contributed by atoms with E-state index < -0.39 is 0 Å². The summed E-state index contributed by atoms with van der Waals surface area (Å²) < 4.78 is 5.32. The van der Waals surface area contributed by atoms with Crippen LogP contribution in [0.5, 0.6) is 5.88 Å². The van der Waals surface area contributed by atoms with Gasteiger partial charge < -0.3 is 15.8 Å². The van der Waals surface area contributed by atoms with Crippen molar-refractivity contribution in [3.63, 3.8) is 0 Å². The molecule has 0 bridgehead atoms. The minimum absolute atomic E-state index is 0.166. The number of pyridine rings is 1. The minimum Gasteiger partial charge on any atom is -0.477 e. The van der Waals surface area contributed by atoms with E-state index in [9.17, 15) is 4.79 Å². The van der Waals surface area contributed by atoms with Gasteiger partial charge in [0.25, 0.3) is 0 Å². The number of H-pyrrole nitrogens is 1. The Morgan fingerprint density at radius 1 is 1.52 bits per heavy atom. The number of aromatic nitrogens is 3. The number of hydrogen-bond donors (Lipinski definition) is 3. The number of nitrogens with zero attached hydrogens (tertiary/aromatic N) is 3. The highest BCUT2D eigenvalue weighted by molar-refractivity contribution is 5.88. The van der Waals surface area contributed by atoms with Crippen molar-refractivity contribution in [1.82, 2.24) is 15.2 Å². The zero-order valence-corrected chi connectivity index (χ0v) is 11.6. The first-order chi connectivity index (χ1) is 10.0. The van der Waals surface area contributed by atoms with Crippen LogP contribution in [0.25, 0.3) is 11.4 Å². The minimum atomic E-state index is -0.215. The number of carbonyl (C=O) groups excluding carboxylic acids is 1. The summed E-state index contributed by atoms with van der Waals surface area (Å²) in [5.41, 5.74) is 7.22. The number of nitrogen functional groups attached to an aromatic ring is 1. The second kappa shape index (κ2) is 5.92. The summed E-state index contributed by atoms with van der Waals surface area (Å²) in [4.78, 5) is 15.2. The lowest BCUT2D eigenvalue weighted by atomic mass is 10.2. The molecule has 0 atom stereocenters. The molecule has 0 aromatic carbocycles. The van der Waals surface area contributed by atoms with E-state index in [1.165, 1.54) is 13.0 Å². The van der Waals surface area contributed by atoms with E-state index in [-0.39, 0.29) is 23.0 Å². The highest BCUT2D eigenvalue weighted by Gasteiger charge is 2.14. The predicted octanol–water partition coefficient (Wildman–Crippen LogP) is 1.28. The number of hydrogen-bond acceptors (Lipinski definition) is 6. The summed E-state index contributed by atoms with van der Waals surface area (Å²) in [6.07, 6.45) is 0. The third-order valence-corrected chi connectivity index (χ3v) is 2.56. The molecule has 8 nitrogen and oxygen atoms in total. The molecule has 0 saturated carbocycles. The van der Waals surface area contributed by atoms with Crippen LogP contribution in [0.1, 0.15) is 19.4 Å². The van der Waals surface area contributed by atoms with Gasteiger partial charge in [-0.3, -0.25) is 9.89 Å². The van der Waals surface area contributed by atoms with E-state index in [0.29, 0.717) is 23.8 Å². The Kier molecular flexibility index (Phi) is 4.04. The highest BCUT2D eigenvalue weighted by atomic mass is 16.5. The first-order valence-electron chi connectivity index (χ1n) is 6.22. The molecule has 4 N–H and O–H groups in total. The maximum atomic E-state index is 11.0. The van der Waals surface area contributed by atoms with Gasteiger partial charge in [-0.2, -0.15) is 10.4 Å². The van der Waals surface area contributed by atoms with Crippen molar-refractivity contribution in [3.05, 3.63) is 17.7 Å². The Balaban J connectivity index is 2.42. The molecule has 1 amide bonds. The Hall–Kier alpha value is -3.08. The first kappa shape index (κ1) is 14.3. The van der Waals surface area contributed by atoms with Crippen molar-refractivity contribution in [1.29, 1.82) is 5.26 Å². The van der Waals surface area contributed by atoms with Gasteiger partial charge in [-0.05, 0) is 13.0 Å². The molecule has 0 saturated heterocycles. The number of carbonyl (C=O) groups is 1.